The zero-order valence-electron chi connectivity index (χ0n) is 11.2. The van der Waals surface area contributed by atoms with Crippen molar-refractivity contribution in [2.24, 2.45) is 5.14 Å². The third kappa shape index (κ3) is 4.01. The summed E-state index contributed by atoms with van der Waals surface area (Å²) < 4.78 is 43.9. The van der Waals surface area contributed by atoms with Crippen molar-refractivity contribution in [3.63, 3.8) is 0 Å². The van der Waals surface area contributed by atoms with Gasteiger partial charge >= 0.3 is 0 Å². The zero-order valence-corrected chi connectivity index (χ0v) is 13.7. The van der Waals surface area contributed by atoms with Crippen LogP contribution in [0, 0.1) is 0 Å². The molecule has 0 unspecified atom stereocenters. The van der Waals surface area contributed by atoms with Crippen LogP contribution in [0.3, 0.4) is 0 Å². The lowest BCUT2D eigenvalue weighted by Gasteiger charge is -2.22. The highest BCUT2D eigenvalue weighted by Gasteiger charge is 2.30. The molecule has 3 N–H and O–H groups in total. The minimum atomic E-state index is -3.84. The van der Waals surface area contributed by atoms with E-state index in [9.17, 15) is 21.6 Å². The molecule has 0 aliphatic carbocycles. The van der Waals surface area contributed by atoms with Crippen LogP contribution in [0.1, 0.15) is 24.2 Å². The summed E-state index contributed by atoms with van der Waals surface area (Å²) in [6.45, 7) is 2.91. The van der Waals surface area contributed by atoms with Crippen LogP contribution in [-0.4, -0.2) is 40.3 Å². The van der Waals surface area contributed by atoms with Crippen molar-refractivity contribution in [1.82, 2.24) is 5.32 Å². The fourth-order valence-electron chi connectivity index (χ4n) is 1.11. The minimum absolute atomic E-state index is 0.0782. The summed E-state index contributed by atoms with van der Waals surface area (Å²) in [5.41, 5.74) is 0.128. The van der Waals surface area contributed by atoms with Crippen LogP contribution in [0.5, 0.6) is 0 Å². The Bertz CT molecular complexity index is 716. The van der Waals surface area contributed by atoms with E-state index in [1.165, 1.54) is 19.2 Å². The molecule has 0 atom stereocenters. The monoisotopic (exact) mass is 340 g/mol. The standard InChI is InChI=1S/C10H16N2O5S3/c1-10(2,19(3,14)15)6-12-9(13)7-4-8(18-5-7)20(11,16)17/h4-5H,6H2,1-3H3,(H,12,13)(H2,11,16,17). The Morgan fingerprint density at radius 2 is 1.90 bits per heavy atom. The number of primary sulfonamides is 1. The van der Waals surface area contributed by atoms with E-state index in [0.717, 1.165) is 23.7 Å². The molecular weight excluding hydrogens is 324 g/mol. The smallest absolute Gasteiger partial charge is 0.252 e. The third-order valence-electron chi connectivity index (χ3n) is 2.80. The van der Waals surface area contributed by atoms with Gasteiger partial charge in [0.2, 0.25) is 10.0 Å². The van der Waals surface area contributed by atoms with Gasteiger partial charge in [-0.25, -0.2) is 22.0 Å². The molecule has 114 valence electrons. The van der Waals surface area contributed by atoms with Crippen molar-refractivity contribution in [2.75, 3.05) is 12.8 Å². The van der Waals surface area contributed by atoms with Crippen LogP contribution in [0.4, 0.5) is 0 Å². The number of nitrogens with one attached hydrogen (secondary N) is 1. The van der Waals surface area contributed by atoms with Crippen molar-refractivity contribution in [3.05, 3.63) is 17.0 Å². The predicted octanol–water partition coefficient (Wildman–Crippen LogP) is -0.0515. The van der Waals surface area contributed by atoms with Crippen LogP contribution in [0.15, 0.2) is 15.7 Å². The lowest BCUT2D eigenvalue weighted by Crippen LogP contribution is -2.43. The largest absolute Gasteiger partial charge is 0.350 e. The number of hydrogen-bond donors (Lipinski definition) is 2. The summed E-state index contributed by atoms with van der Waals surface area (Å²) in [7, 11) is -7.17. The summed E-state index contributed by atoms with van der Waals surface area (Å²) in [4.78, 5) is 11.8. The van der Waals surface area contributed by atoms with Gasteiger partial charge in [0.25, 0.3) is 5.91 Å². The molecule has 1 aromatic rings. The number of carbonyl (C=O) groups is 1. The van der Waals surface area contributed by atoms with Gasteiger partial charge in [-0.2, -0.15) is 0 Å². The normalized spacial score (nSPS) is 13.2. The molecule has 0 aromatic carbocycles. The van der Waals surface area contributed by atoms with Crippen molar-refractivity contribution < 1.29 is 21.6 Å². The van der Waals surface area contributed by atoms with E-state index in [1.807, 2.05) is 0 Å². The molecule has 1 aromatic heterocycles. The second kappa shape index (κ2) is 5.43. The Morgan fingerprint density at radius 1 is 1.35 bits per heavy atom. The number of thiophene rings is 1. The third-order valence-corrected chi connectivity index (χ3v) is 7.33. The van der Waals surface area contributed by atoms with Gasteiger partial charge in [-0.05, 0) is 19.9 Å². The molecule has 7 nitrogen and oxygen atoms in total. The zero-order chi connectivity index (χ0) is 15.8. The molecule has 0 aliphatic heterocycles. The lowest BCUT2D eigenvalue weighted by atomic mass is 10.2. The molecule has 1 rings (SSSR count). The Kier molecular flexibility index (Phi) is 4.64. The van der Waals surface area contributed by atoms with Crippen LogP contribution in [-0.2, 0) is 19.9 Å². The van der Waals surface area contributed by atoms with Gasteiger partial charge in [-0.1, -0.05) is 0 Å². The molecule has 1 amide bonds. The Morgan fingerprint density at radius 3 is 2.30 bits per heavy atom. The van der Waals surface area contributed by atoms with Crippen molar-refractivity contribution in [1.29, 1.82) is 0 Å². The van der Waals surface area contributed by atoms with E-state index in [-0.39, 0.29) is 16.3 Å². The molecule has 0 bridgehead atoms. The highest BCUT2D eigenvalue weighted by molar-refractivity contribution is 7.92. The summed E-state index contributed by atoms with van der Waals surface area (Å²) >= 11 is 0.832. The first-order valence-corrected chi connectivity index (χ1v) is 9.75. The highest BCUT2D eigenvalue weighted by Crippen LogP contribution is 2.19. The van der Waals surface area contributed by atoms with Gasteiger partial charge < -0.3 is 5.32 Å². The van der Waals surface area contributed by atoms with E-state index in [4.69, 9.17) is 5.14 Å². The van der Waals surface area contributed by atoms with E-state index in [2.05, 4.69) is 5.32 Å². The second-order valence-corrected chi connectivity index (χ2v) is 10.3. The molecule has 1 heterocycles. The number of carbonyl (C=O) groups excluding carboxylic acids is 1. The Hall–Kier alpha value is -0.970. The number of sulfonamides is 1. The van der Waals surface area contributed by atoms with Crippen LogP contribution < -0.4 is 10.5 Å². The van der Waals surface area contributed by atoms with Gasteiger partial charge in [0.1, 0.15) is 4.21 Å². The maximum Gasteiger partial charge on any atom is 0.252 e. The van der Waals surface area contributed by atoms with Crippen molar-refractivity contribution >= 4 is 37.1 Å². The lowest BCUT2D eigenvalue weighted by molar-refractivity contribution is 0.0951. The summed E-state index contributed by atoms with van der Waals surface area (Å²) in [6, 6.07) is 1.16. The molecule has 10 heteroatoms. The summed E-state index contributed by atoms with van der Waals surface area (Å²) in [6.07, 6.45) is 1.09. The first-order chi connectivity index (χ1) is 8.84. The van der Waals surface area contributed by atoms with Crippen LogP contribution in [0.2, 0.25) is 0 Å². The topological polar surface area (TPSA) is 123 Å². The van der Waals surface area contributed by atoms with E-state index < -0.39 is 30.5 Å². The maximum absolute atomic E-state index is 11.8. The molecular formula is C10H16N2O5S3. The average molecular weight is 340 g/mol. The van der Waals surface area contributed by atoms with Crippen molar-refractivity contribution in [2.45, 2.75) is 22.8 Å². The first kappa shape index (κ1) is 17.1. The number of sulfone groups is 1. The van der Waals surface area contributed by atoms with Gasteiger partial charge in [-0.15, -0.1) is 11.3 Å². The second-order valence-electron chi connectivity index (χ2n) is 4.91. The van der Waals surface area contributed by atoms with Gasteiger partial charge in [0.05, 0.1) is 10.3 Å². The fraction of sp³-hybridized carbons (Fsp3) is 0.500. The molecule has 0 saturated heterocycles. The van der Waals surface area contributed by atoms with E-state index in [1.54, 1.807) is 0 Å². The average Bonchev–Trinajstić information content (AvgIpc) is 2.73. The highest BCUT2D eigenvalue weighted by atomic mass is 32.2. The van der Waals surface area contributed by atoms with Crippen molar-refractivity contribution in [3.8, 4) is 0 Å². The number of rotatable bonds is 5. The predicted molar refractivity (Wildman–Crippen MR) is 76.9 cm³/mol. The number of nitrogens with two attached hydrogens (primary N) is 1. The first-order valence-electron chi connectivity index (χ1n) is 5.44. The SMILES string of the molecule is CC(C)(CNC(=O)c1csc(S(N)(=O)=O)c1)S(C)(=O)=O. The van der Waals surface area contributed by atoms with Gasteiger partial charge in [0.15, 0.2) is 9.84 Å². The molecule has 0 spiro atoms. The fourth-order valence-corrected chi connectivity index (χ4v) is 3.03. The summed E-state index contributed by atoms with van der Waals surface area (Å²) in [5.74, 6) is -0.548. The molecule has 20 heavy (non-hydrogen) atoms. The number of amides is 1. The van der Waals surface area contributed by atoms with E-state index >= 15 is 0 Å². The molecule has 0 saturated carbocycles. The maximum atomic E-state index is 11.8. The van der Waals surface area contributed by atoms with Gasteiger partial charge in [-0.3, -0.25) is 4.79 Å². The Balaban J connectivity index is 2.82. The molecule has 0 fully saturated rings. The molecule has 0 aliphatic rings. The van der Waals surface area contributed by atoms with Crippen LogP contribution >= 0.6 is 11.3 Å². The Labute approximate surface area is 122 Å². The minimum Gasteiger partial charge on any atom is -0.350 e. The van der Waals surface area contributed by atoms with Crippen LogP contribution in [0.25, 0.3) is 0 Å². The quantitative estimate of drug-likeness (QED) is 0.778. The van der Waals surface area contributed by atoms with Gasteiger partial charge in [0, 0.05) is 18.2 Å². The van der Waals surface area contributed by atoms with E-state index in [0.29, 0.717) is 0 Å². The molecule has 0 radical (unpaired) electrons. The summed E-state index contributed by atoms with van der Waals surface area (Å²) in [5, 5.41) is 8.76. The number of hydrogen-bond acceptors (Lipinski definition) is 6.